The van der Waals surface area contributed by atoms with Crippen molar-refractivity contribution in [1.82, 2.24) is 0 Å². The molecule has 2 saturated heterocycles. The van der Waals surface area contributed by atoms with E-state index in [4.69, 9.17) is 18.9 Å². The zero-order chi connectivity index (χ0) is 16.9. The van der Waals surface area contributed by atoms with Crippen molar-refractivity contribution in [2.45, 2.75) is 26.1 Å². The molecule has 2 aliphatic rings. The first-order valence-corrected chi connectivity index (χ1v) is 8.29. The van der Waals surface area contributed by atoms with Crippen LogP contribution in [0.4, 0.5) is 0 Å². The smallest absolute Gasteiger partial charge is 0.119 e. The van der Waals surface area contributed by atoms with Crippen LogP contribution in [-0.2, 0) is 14.2 Å². The lowest BCUT2D eigenvalue weighted by molar-refractivity contribution is 0.194. The van der Waals surface area contributed by atoms with Crippen molar-refractivity contribution in [3.05, 3.63) is 59.9 Å². The van der Waals surface area contributed by atoms with E-state index in [0.717, 1.165) is 24.5 Å². The van der Waals surface area contributed by atoms with Gasteiger partial charge >= 0.3 is 0 Å². The topological polar surface area (TPSA) is 43.5 Å². The van der Waals surface area contributed by atoms with Crippen LogP contribution in [0, 0.1) is 6.92 Å². The van der Waals surface area contributed by atoms with Gasteiger partial charge in [-0.2, -0.15) is 0 Å². The Balaban J connectivity index is 1.59. The van der Waals surface area contributed by atoms with Gasteiger partial charge in [0.2, 0.25) is 0 Å². The molecule has 1 aromatic carbocycles. The van der Waals surface area contributed by atoms with E-state index in [-0.39, 0.29) is 12.2 Å². The van der Waals surface area contributed by atoms with Crippen molar-refractivity contribution in [3.8, 4) is 5.75 Å². The number of hydrogen-bond donors (Lipinski definition) is 0. The molecule has 128 valence electrons. The standard InChI is InChI=1S/C20H24O4/c1-4-16(6-5-15(3)21-10-18-12-23-18)20-8-7-17(9-14(20)2)22-11-19-13-24-19/h4-9,18-19H,3,10-13H2,1-2H3/b6-5-,16-4+. The number of aryl methyl sites for hydroxylation is 1. The molecule has 0 aromatic heterocycles. The van der Waals surface area contributed by atoms with Crippen LogP contribution in [0.3, 0.4) is 0 Å². The maximum absolute atomic E-state index is 5.73. The molecule has 2 heterocycles. The summed E-state index contributed by atoms with van der Waals surface area (Å²) in [6.07, 6.45) is 6.51. The van der Waals surface area contributed by atoms with Crippen molar-refractivity contribution < 1.29 is 18.9 Å². The Morgan fingerprint density at radius 3 is 2.54 bits per heavy atom. The lowest BCUT2D eigenvalue weighted by Gasteiger charge is -2.11. The SMILES string of the molecule is C=C(/C=C\C(=C/C)c1ccc(OCC2CO2)cc1C)OCC1CO1. The Labute approximate surface area is 143 Å². The van der Waals surface area contributed by atoms with Gasteiger partial charge in [-0.3, -0.25) is 0 Å². The van der Waals surface area contributed by atoms with Crippen LogP contribution < -0.4 is 4.74 Å². The highest BCUT2D eigenvalue weighted by molar-refractivity contribution is 5.76. The predicted octanol–water partition coefficient (Wildman–Crippen LogP) is 3.66. The van der Waals surface area contributed by atoms with Gasteiger partial charge in [-0.25, -0.2) is 0 Å². The molecule has 0 spiro atoms. The van der Waals surface area contributed by atoms with Crippen LogP contribution in [-0.4, -0.2) is 38.6 Å². The summed E-state index contributed by atoms with van der Waals surface area (Å²) in [4.78, 5) is 0. The summed E-state index contributed by atoms with van der Waals surface area (Å²) in [5.41, 5.74) is 3.46. The molecule has 0 amide bonds. The second-order valence-electron chi connectivity index (χ2n) is 6.05. The van der Waals surface area contributed by atoms with E-state index >= 15 is 0 Å². The molecule has 4 nitrogen and oxygen atoms in total. The Morgan fingerprint density at radius 2 is 1.92 bits per heavy atom. The summed E-state index contributed by atoms with van der Waals surface area (Å²) < 4.78 is 21.6. The summed E-state index contributed by atoms with van der Waals surface area (Å²) in [5, 5.41) is 0. The molecule has 3 rings (SSSR count). The monoisotopic (exact) mass is 328 g/mol. The maximum atomic E-state index is 5.73. The summed E-state index contributed by atoms with van der Waals surface area (Å²) in [6, 6.07) is 6.14. The molecule has 2 aliphatic heterocycles. The van der Waals surface area contributed by atoms with Gasteiger partial charge in [-0.05, 0) is 48.8 Å². The van der Waals surface area contributed by atoms with E-state index in [9.17, 15) is 0 Å². The van der Waals surface area contributed by atoms with Gasteiger partial charge in [0.25, 0.3) is 0 Å². The molecule has 24 heavy (non-hydrogen) atoms. The van der Waals surface area contributed by atoms with E-state index in [1.54, 1.807) is 0 Å². The minimum Gasteiger partial charge on any atom is -0.491 e. The molecule has 4 heteroatoms. The van der Waals surface area contributed by atoms with Gasteiger partial charge in [0.05, 0.1) is 13.2 Å². The number of ether oxygens (including phenoxy) is 4. The largest absolute Gasteiger partial charge is 0.491 e. The number of epoxide rings is 2. The van der Waals surface area contributed by atoms with E-state index in [1.807, 2.05) is 25.1 Å². The van der Waals surface area contributed by atoms with Crippen molar-refractivity contribution in [2.24, 2.45) is 0 Å². The van der Waals surface area contributed by atoms with Crippen LogP contribution in [0.1, 0.15) is 18.1 Å². The average Bonchev–Trinajstić information content (AvgIpc) is 3.47. The summed E-state index contributed by atoms with van der Waals surface area (Å²) >= 11 is 0. The van der Waals surface area contributed by atoms with E-state index < -0.39 is 0 Å². The fourth-order valence-electron chi connectivity index (χ4n) is 2.34. The maximum Gasteiger partial charge on any atom is 0.119 e. The summed E-state index contributed by atoms with van der Waals surface area (Å²) in [5.74, 6) is 1.52. The third-order valence-corrected chi connectivity index (χ3v) is 3.96. The minimum absolute atomic E-state index is 0.243. The molecule has 2 fully saturated rings. The minimum atomic E-state index is 0.243. The second-order valence-corrected chi connectivity index (χ2v) is 6.05. The number of allylic oxidation sites excluding steroid dienone is 4. The van der Waals surface area contributed by atoms with Crippen LogP contribution >= 0.6 is 0 Å². The number of rotatable bonds is 9. The predicted molar refractivity (Wildman–Crippen MR) is 94.0 cm³/mol. The number of hydrogen-bond acceptors (Lipinski definition) is 4. The summed E-state index contributed by atoms with van der Waals surface area (Å²) in [7, 11) is 0. The van der Waals surface area contributed by atoms with Crippen LogP contribution in [0.25, 0.3) is 5.57 Å². The van der Waals surface area contributed by atoms with Crippen molar-refractivity contribution in [2.75, 3.05) is 26.4 Å². The third-order valence-electron chi connectivity index (χ3n) is 3.96. The normalized spacial score (nSPS) is 22.5. The van der Waals surface area contributed by atoms with Crippen molar-refractivity contribution in [1.29, 1.82) is 0 Å². The molecule has 0 saturated carbocycles. The number of benzene rings is 1. The van der Waals surface area contributed by atoms with Crippen molar-refractivity contribution >= 4 is 5.57 Å². The van der Waals surface area contributed by atoms with Gasteiger partial charge < -0.3 is 18.9 Å². The van der Waals surface area contributed by atoms with Gasteiger partial charge in [-0.1, -0.05) is 24.8 Å². The lowest BCUT2D eigenvalue weighted by atomic mass is 9.99. The summed E-state index contributed by atoms with van der Waals surface area (Å²) in [6.45, 7) is 10.8. The van der Waals surface area contributed by atoms with E-state index in [0.29, 0.717) is 19.0 Å². The molecule has 2 atom stereocenters. The Bertz CT molecular complexity index is 652. The highest BCUT2D eigenvalue weighted by atomic mass is 16.6. The molecule has 0 aliphatic carbocycles. The van der Waals surface area contributed by atoms with E-state index in [1.165, 1.54) is 11.1 Å². The van der Waals surface area contributed by atoms with Crippen LogP contribution in [0.15, 0.2) is 48.8 Å². The zero-order valence-corrected chi connectivity index (χ0v) is 14.3. The highest BCUT2D eigenvalue weighted by Gasteiger charge is 2.23. The van der Waals surface area contributed by atoms with Crippen LogP contribution in [0.5, 0.6) is 5.75 Å². The second kappa shape index (κ2) is 7.69. The Hall–Kier alpha value is -2.04. The zero-order valence-electron chi connectivity index (χ0n) is 14.3. The van der Waals surface area contributed by atoms with Gasteiger partial charge in [0.15, 0.2) is 0 Å². The molecule has 0 N–H and O–H groups in total. The first-order valence-electron chi connectivity index (χ1n) is 8.29. The first-order chi connectivity index (χ1) is 11.7. The van der Waals surface area contributed by atoms with Gasteiger partial charge in [0.1, 0.15) is 36.9 Å². The van der Waals surface area contributed by atoms with Gasteiger partial charge in [-0.15, -0.1) is 0 Å². The van der Waals surface area contributed by atoms with Crippen LogP contribution in [0.2, 0.25) is 0 Å². The molecule has 0 bridgehead atoms. The molecule has 0 radical (unpaired) electrons. The quantitative estimate of drug-likeness (QED) is 0.394. The van der Waals surface area contributed by atoms with E-state index in [2.05, 4.69) is 31.7 Å². The molecular formula is C20H24O4. The molecule has 2 unspecified atom stereocenters. The Morgan fingerprint density at radius 1 is 1.21 bits per heavy atom. The molecule has 1 aromatic rings. The van der Waals surface area contributed by atoms with Gasteiger partial charge in [0, 0.05) is 0 Å². The first kappa shape index (κ1) is 16.8. The highest BCUT2D eigenvalue weighted by Crippen LogP contribution is 2.25. The Kier molecular flexibility index (Phi) is 5.38. The average molecular weight is 328 g/mol. The third kappa shape index (κ3) is 4.98. The fraction of sp³-hybridized carbons (Fsp3) is 0.400. The van der Waals surface area contributed by atoms with Crippen molar-refractivity contribution in [3.63, 3.8) is 0 Å². The lowest BCUT2D eigenvalue weighted by Crippen LogP contribution is -2.04. The molecular weight excluding hydrogens is 304 g/mol. The fourth-order valence-corrected chi connectivity index (χ4v) is 2.34.